The second-order valence-electron chi connectivity index (χ2n) is 4.70. The summed E-state index contributed by atoms with van der Waals surface area (Å²) in [5, 5.41) is 5.61. The van der Waals surface area contributed by atoms with Crippen molar-refractivity contribution < 1.29 is 18.7 Å². The summed E-state index contributed by atoms with van der Waals surface area (Å²) in [5.41, 5.74) is 0.433. The first kappa shape index (κ1) is 18.0. The first-order valence-corrected chi connectivity index (χ1v) is 7.59. The molecule has 2 rings (SSSR count). The van der Waals surface area contributed by atoms with Gasteiger partial charge in [-0.25, -0.2) is 4.39 Å². The number of carbonyl (C=O) groups is 2. The summed E-state index contributed by atoms with van der Waals surface area (Å²) >= 11 is 11.6. The maximum Gasteiger partial charge on any atom is 0.258 e. The molecule has 0 aliphatic rings. The molecular weight excluding hydrogens is 358 g/mol. The lowest BCUT2D eigenvalue weighted by Crippen LogP contribution is -2.35. The van der Waals surface area contributed by atoms with E-state index in [2.05, 4.69) is 10.6 Å². The quantitative estimate of drug-likeness (QED) is 0.819. The van der Waals surface area contributed by atoms with Crippen molar-refractivity contribution in [2.45, 2.75) is 0 Å². The lowest BCUT2D eigenvalue weighted by Gasteiger charge is -2.09. The number of hydrogen-bond acceptors (Lipinski definition) is 3. The molecule has 0 saturated carbocycles. The molecular formula is C16H13Cl2FN2O3. The van der Waals surface area contributed by atoms with E-state index in [-0.39, 0.29) is 13.2 Å². The first-order valence-electron chi connectivity index (χ1n) is 6.84. The molecule has 5 nitrogen and oxygen atoms in total. The van der Waals surface area contributed by atoms with Crippen LogP contribution < -0.4 is 15.4 Å². The van der Waals surface area contributed by atoms with Gasteiger partial charge in [0, 0.05) is 11.8 Å². The van der Waals surface area contributed by atoms with Gasteiger partial charge in [-0.2, -0.15) is 0 Å². The van der Waals surface area contributed by atoms with Crippen LogP contribution in [0, 0.1) is 5.82 Å². The van der Waals surface area contributed by atoms with Crippen LogP contribution in [0.5, 0.6) is 5.75 Å². The molecule has 0 fully saturated rings. The Morgan fingerprint density at radius 2 is 1.71 bits per heavy atom. The normalized spacial score (nSPS) is 10.1. The van der Waals surface area contributed by atoms with Gasteiger partial charge in [0.15, 0.2) is 6.61 Å². The number of carbonyl (C=O) groups excluding carboxylic acids is 2. The third-order valence-corrected chi connectivity index (χ3v) is 3.57. The molecule has 126 valence electrons. The van der Waals surface area contributed by atoms with Gasteiger partial charge in [-0.05, 0) is 36.4 Å². The molecule has 0 radical (unpaired) electrons. The molecule has 24 heavy (non-hydrogen) atoms. The van der Waals surface area contributed by atoms with Gasteiger partial charge in [0.1, 0.15) is 11.6 Å². The minimum atomic E-state index is -0.477. The molecule has 0 aromatic heterocycles. The van der Waals surface area contributed by atoms with Crippen LogP contribution >= 0.6 is 23.2 Å². The van der Waals surface area contributed by atoms with Crippen molar-refractivity contribution in [1.29, 1.82) is 0 Å². The summed E-state index contributed by atoms with van der Waals surface area (Å²) in [4.78, 5) is 23.3. The number of hydrogen-bond donors (Lipinski definition) is 2. The molecule has 0 aliphatic heterocycles. The van der Waals surface area contributed by atoms with Gasteiger partial charge in [-0.3, -0.25) is 9.59 Å². The van der Waals surface area contributed by atoms with E-state index in [0.717, 1.165) is 0 Å². The van der Waals surface area contributed by atoms with E-state index in [4.69, 9.17) is 27.9 Å². The van der Waals surface area contributed by atoms with Crippen LogP contribution in [0.15, 0.2) is 42.5 Å². The summed E-state index contributed by atoms with van der Waals surface area (Å²) in [6.07, 6.45) is 0. The van der Waals surface area contributed by atoms with Gasteiger partial charge >= 0.3 is 0 Å². The van der Waals surface area contributed by atoms with E-state index >= 15 is 0 Å². The number of benzene rings is 2. The number of nitrogens with one attached hydrogen (secondary N) is 2. The highest BCUT2D eigenvalue weighted by atomic mass is 35.5. The van der Waals surface area contributed by atoms with Crippen molar-refractivity contribution in [2.24, 2.45) is 0 Å². The molecule has 0 unspecified atom stereocenters. The summed E-state index contributed by atoms with van der Waals surface area (Å²) in [6, 6.07) is 9.89. The highest BCUT2D eigenvalue weighted by Crippen LogP contribution is 2.26. The van der Waals surface area contributed by atoms with Crippen molar-refractivity contribution in [3.8, 4) is 5.75 Å². The SMILES string of the molecule is O=C(COc1ccc(Cl)c(Cl)c1)NCC(=O)Nc1ccc(F)cc1. The predicted molar refractivity (Wildman–Crippen MR) is 90.0 cm³/mol. The number of anilines is 1. The molecule has 0 aliphatic carbocycles. The fraction of sp³-hybridized carbons (Fsp3) is 0.125. The van der Waals surface area contributed by atoms with Crippen LogP contribution in [0.3, 0.4) is 0 Å². The molecule has 8 heteroatoms. The average Bonchev–Trinajstić information content (AvgIpc) is 2.56. The Labute approximate surface area is 147 Å². The summed E-state index contributed by atoms with van der Waals surface area (Å²) in [5.74, 6) is -0.934. The summed E-state index contributed by atoms with van der Waals surface area (Å²) < 4.78 is 18.0. The minimum absolute atomic E-state index is 0.235. The number of rotatable bonds is 6. The van der Waals surface area contributed by atoms with E-state index in [1.54, 1.807) is 12.1 Å². The maximum atomic E-state index is 12.8. The highest BCUT2D eigenvalue weighted by molar-refractivity contribution is 6.42. The van der Waals surface area contributed by atoms with Gasteiger partial charge < -0.3 is 15.4 Å². The molecule has 2 aromatic carbocycles. The highest BCUT2D eigenvalue weighted by Gasteiger charge is 2.08. The summed E-state index contributed by atoms with van der Waals surface area (Å²) in [6.45, 7) is -0.511. The van der Waals surface area contributed by atoms with E-state index in [0.29, 0.717) is 21.5 Å². The Hall–Kier alpha value is -2.31. The van der Waals surface area contributed by atoms with Crippen LogP contribution in [0.2, 0.25) is 10.0 Å². The van der Waals surface area contributed by atoms with Gasteiger partial charge in [0.2, 0.25) is 5.91 Å². The van der Waals surface area contributed by atoms with E-state index in [9.17, 15) is 14.0 Å². The zero-order valence-corrected chi connectivity index (χ0v) is 13.8. The fourth-order valence-corrected chi connectivity index (χ4v) is 1.97. The zero-order chi connectivity index (χ0) is 17.5. The van der Waals surface area contributed by atoms with Gasteiger partial charge in [0.05, 0.1) is 16.6 Å². The number of amides is 2. The van der Waals surface area contributed by atoms with Crippen LogP contribution in [0.25, 0.3) is 0 Å². The zero-order valence-electron chi connectivity index (χ0n) is 12.3. The third-order valence-electron chi connectivity index (χ3n) is 2.84. The fourth-order valence-electron chi connectivity index (χ4n) is 1.68. The molecule has 2 amide bonds. The van der Waals surface area contributed by atoms with Crippen molar-refractivity contribution in [3.63, 3.8) is 0 Å². The van der Waals surface area contributed by atoms with Gasteiger partial charge in [-0.1, -0.05) is 23.2 Å². The van der Waals surface area contributed by atoms with E-state index in [1.807, 2.05) is 0 Å². The van der Waals surface area contributed by atoms with Crippen LogP contribution in [0.1, 0.15) is 0 Å². The average molecular weight is 371 g/mol. The monoisotopic (exact) mass is 370 g/mol. The van der Waals surface area contributed by atoms with Crippen molar-refractivity contribution in [2.75, 3.05) is 18.5 Å². The molecule has 2 N–H and O–H groups in total. The molecule has 0 spiro atoms. The summed E-state index contributed by atoms with van der Waals surface area (Å²) in [7, 11) is 0. The lowest BCUT2D eigenvalue weighted by molar-refractivity contribution is -0.125. The predicted octanol–water partition coefficient (Wildman–Crippen LogP) is 3.27. The van der Waals surface area contributed by atoms with Crippen molar-refractivity contribution in [1.82, 2.24) is 5.32 Å². The second-order valence-corrected chi connectivity index (χ2v) is 5.51. The minimum Gasteiger partial charge on any atom is -0.484 e. The third kappa shape index (κ3) is 5.72. The standard InChI is InChI=1S/C16H13Cl2FN2O3/c17-13-6-5-12(7-14(13)18)24-9-16(23)20-8-15(22)21-11-3-1-10(19)2-4-11/h1-7H,8-9H2,(H,20,23)(H,21,22). The van der Waals surface area contributed by atoms with Crippen LogP contribution in [-0.2, 0) is 9.59 Å². The Kier molecular flexibility index (Phi) is 6.40. The van der Waals surface area contributed by atoms with E-state index < -0.39 is 17.6 Å². The molecule has 0 heterocycles. The van der Waals surface area contributed by atoms with Crippen LogP contribution in [0.4, 0.5) is 10.1 Å². The van der Waals surface area contributed by atoms with Crippen molar-refractivity contribution >= 4 is 40.7 Å². The largest absolute Gasteiger partial charge is 0.484 e. The Morgan fingerprint density at radius 1 is 1.00 bits per heavy atom. The van der Waals surface area contributed by atoms with Gasteiger partial charge in [0.25, 0.3) is 5.91 Å². The maximum absolute atomic E-state index is 12.8. The van der Waals surface area contributed by atoms with Crippen LogP contribution in [-0.4, -0.2) is 25.0 Å². The number of ether oxygens (including phenoxy) is 1. The lowest BCUT2D eigenvalue weighted by atomic mass is 10.3. The van der Waals surface area contributed by atoms with Crippen molar-refractivity contribution in [3.05, 3.63) is 58.3 Å². The second kappa shape index (κ2) is 8.52. The molecule has 0 atom stereocenters. The molecule has 0 bridgehead atoms. The van der Waals surface area contributed by atoms with Gasteiger partial charge in [-0.15, -0.1) is 0 Å². The smallest absolute Gasteiger partial charge is 0.258 e. The molecule has 0 saturated heterocycles. The van der Waals surface area contributed by atoms with E-state index in [1.165, 1.54) is 30.3 Å². The Balaban J connectivity index is 1.73. The first-order chi connectivity index (χ1) is 11.4. The molecule has 2 aromatic rings. The Morgan fingerprint density at radius 3 is 2.38 bits per heavy atom. The number of halogens is 3. The Bertz CT molecular complexity index is 739. The topological polar surface area (TPSA) is 67.4 Å².